The van der Waals surface area contributed by atoms with E-state index in [4.69, 9.17) is 5.21 Å². The van der Waals surface area contributed by atoms with E-state index in [2.05, 4.69) is 0 Å². The number of thiophene rings is 1. The van der Waals surface area contributed by atoms with E-state index in [9.17, 15) is 9.59 Å². The summed E-state index contributed by atoms with van der Waals surface area (Å²) in [7, 11) is 0. The van der Waals surface area contributed by atoms with Gasteiger partial charge in [0.25, 0.3) is 5.91 Å². The number of hydroxylamine groups is 1. The van der Waals surface area contributed by atoms with Gasteiger partial charge < -0.3 is 0 Å². The van der Waals surface area contributed by atoms with Crippen molar-refractivity contribution in [2.24, 2.45) is 0 Å². The van der Waals surface area contributed by atoms with Crippen LogP contribution in [0.5, 0.6) is 0 Å². The second-order valence-corrected chi connectivity index (χ2v) is 7.89. The third-order valence-corrected chi connectivity index (χ3v) is 6.13. The summed E-state index contributed by atoms with van der Waals surface area (Å²) < 4.78 is 1.10. The fraction of sp³-hybridized carbons (Fsp3) is 0.0833. The first-order chi connectivity index (χ1) is 14.2. The highest BCUT2D eigenvalue weighted by atomic mass is 32.1. The van der Waals surface area contributed by atoms with E-state index in [1.54, 1.807) is 17.6 Å². The van der Waals surface area contributed by atoms with Gasteiger partial charge in [0.2, 0.25) is 0 Å². The van der Waals surface area contributed by atoms with Crippen molar-refractivity contribution in [2.75, 3.05) is 0 Å². The van der Waals surface area contributed by atoms with Crippen LogP contribution in [-0.4, -0.2) is 16.9 Å². The normalized spacial score (nSPS) is 11.9. The maximum atomic E-state index is 13.1. The molecule has 144 valence electrons. The number of amides is 1. The summed E-state index contributed by atoms with van der Waals surface area (Å²) in [6.07, 6.45) is 0.336. The molecule has 1 aromatic heterocycles. The third-order valence-electron chi connectivity index (χ3n) is 4.97. The number of nitrogens with one attached hydrogen (secondary N) is 1. The van der Waals surface area contributed by atoms with Crippen LogP contribution in [0.2, 0.25) is 0 Å². The molecule has 0 saturated carbocycles. The molecule has 0 saturated heterocycles. The van der Waals surface area contributed by atoms with Gasteiger partial charge in [-0.25, -0.2) is 5.48 Å². The first-order valence-corrected chi connectivity index (χ1v) is 10.1. The SMILES string of the molecule is O=C(NO)c1ccc([C@@H](CC(=O)c2cc3ccccc3s2)c2ccccc2)cc1. The molecule has 0 fully saturated rings. The Labute approximate surface area is 172 Å². The van der Waals surface area contributed by atoms with Crippen molar-refractivity contribution in [1.29, 1.82) is 0 Å². The molecule has 29 heavy (non-hydrogen) atoms. The number of Topliss-reactive ketones (excluding diaryl/α,β-unsaturated/α-hetero) is 1. The molecular formula is C24H19NO3S. The highest BCUT2D eigenvalue weighted by molar-refractivity contribution is 7.20. The zero-order valence-corrected chi connectivity index (χ0v) is 16.4. The van der Waals surface area contributed by atoms with Crippen molar-refractivity contribution >= 4 is 33.1 Å². The summed E-state index contributed by atoms with van der Waals surface area (Å²) in [5.41, 5.74) is 3.98. The molecule has 1 atom stereocenters. The lowest BCUT2D eigenvalue weighted by Gasteiger charge is -2.17. The minimum Gasteiger partial charge on any atom is -0.293 e. The molecule has 4 rings (SSSR count). The van der Waals surface area contributed by atoms with Crippen LogP contribution in [-0.2, 0) is 0 Å². The quantitative estimate of drug-likeness (QED) is 0.257. The molecule has 2 N–H and O–H groups in total. The van der Waals surface area contributed by atoms with Crippen LogP contribution in [0.15, 0.2) is 84.9 Å². The minimum absolute atomic E-state index is 0.0947. The van der Waals surface area contributed by atoms with E-state index < -0.39 is 5.91 Å². The molecule has 5 heteroatoms. The lowest BCUT2D eigenvalue weighted by atomic mass is 9.86. The van der Waals surface area contributed by atoms with E-state index in [0.717, 1.165) is 26.1 Å². The lowest BCUT2D eigenvalue weighted by Crippen LogP contribution is -2.18. The van der Waals surface area contributed by atoms with Crippen LogP contribution in [0.1, 0.15) is 43.5 Å². The van der Waals surface area contributed by atoms with Gasteiger partial charge in [0, 0.05) is 22.6 Å². The van der Waals surface area contributed by atoms with Crippen molar-refractivity contribution in [2.45, 2.75) is 12.3 Å². The fourth-order valence-corrected chi connectivity index (χ4v) is 4.46. The highest BCUT2D eigenvalue weighted by Crippen LogP contribution is 2.32. The first kappa shape index (κ1) is 19.1. The average molecular weight is 401 g/mol. The Morgan fingerprint density at radius 2 is 1.52 bits per heavy atom. The van der Waals surface area contributed by atoms with E-state index in [-0.39, 0.29) is 11.7 Å². The van der Waals surface area contributed by atoms with Crippen molar-refractivity contribution in [1.82, 2.24) is 5.48 Å². The number of carbonyl (C=O) groups excluding carboxylic acids is 2. The van der Waals surface area contributed by atoms with E-state index in [1.807, 2.05) is 72.8 Å². The van der Waals surface area contributed by atoms with Gasteiger partial charge >= 0.3 is 0 Å². The molecule has 0 spiro atoms. The van der Waals surface area contributed by atoms with Gasteiger partial charge in [-0.1, -0.05) is 60.7 Å². The van der Waals surface area contributed by atoms with Crippen molar-refractivity contribution in [3.05, 3.63) is 106 Å². The molecule has 3 aromatic carbocycles. The molecule has 0 unspecified atom stereocenters. The molecular weight excluding hydrogens is 382 g/mol. The average Bonchev–Trinajstić information content (AvgIpc) is 3.22. The Bertz CT molecular complexity index is 1120. The molecule has 0 aliphatic rings. The number of benzene rings is 3. The Morgan fingerprint density at radius 3 is 2.21 bits per heavy atom. The van der Waals surface area contributed by atoms with Crippen molar-refractivity contribution in [3.8, 4) is 0 Å². The van der Waals surface area contributed by atoms with Gasteiger partial charge in [-0.2, -0.15) is 0 Å². The van der Waals surface area contributed by atoms with Crippen LogP contribution in [0.3, 0.4) is 0 Å². The first-order valence-electron chi connectivity index (χ1n) is 9.27. The third kappa shape index (κ3) is 4.11. The molecule has 1 heterocycles. The van der Waals surface area contributed by atoms with Gasteiger partial charge in [-0.15, -0.1) is 11.3 Å². The van der Waals surface area contributed by atoms with Crippen LogP contribution in [0.4, 0.5) is 0 Å². The highest BCUT2D eigenvalue weighted by Gasteiger charge is 2.21. The van der Waals surface area contributed by atoms with E-state index in [0.29, 0.717) is 12.0 Å². The molecule has 0 aliphatic carbocycles. The van der Waals surface area contributed by atoms with E-state index in [1.165, 1.54) is 11.3 Å². The van der Waals surface area contributed by atoms with E-state index >= 15 is 0 Å². The number of fused-ring (bicyclic) bond motifs is 1. The Hall–Kier alpha value is -3.28. The topological polar surface area (TPSA) is 66.4 Å². The number of carbonyl (C=O) groups is 2. The monoisotopic (exact) mass is 401 g/mol. The molecule has 0 radical (unpaired) electrons. The Kier molecular flexibility index (Phi) is 5.51. The Balaban J connectivity index is 1.65. The maximum absolute atomic E-state index is 13.1. The van der Waals surface area contributed by atoms with Crippen LogP contribution in [0, 0.1) is 0 Å². The zero-order valence-electron chi connectivity index (χ0n) is 15.5. The summed E-state index contributed by atoms with van der Waals surface area (Å²) in [6.45, 7) is 0. The van der Waals surface area contributed by atoms with Crippen LogP contribution in [0.25, 0.3) is 10.1 Å². The lowest BCUT2D eigenvalue weighted by molar-refractivity contribution is 0.0706. The summed E-state index contributed by atoms with van der Waals surface area (Å²) >= 11 is 1.52. The second-order valence-electron chi connectivity index (χ2n) is 6.80. The van der Waals surface area contributed by atoms with Crippen molar-refractivity contribution < 1.29 is 14.8 Å². The largest absolute Gasteiger partial charge is 0.293 e. The molecule has 0 aliphatic heterocycles. The molecule has 1 amide bonds. The number of hydrogen-bond acceptors (Lipinski definition) is 4. The minimum atomic E-state index is -0.561. The zero-order chi connectivity index (χ0) is 20.2. The molecule has 4 nitrogen and oxygen atoms in total. The summed E-state index contributed by atoms with van der Waals surface area (Å²) in [5, 5.41) is 9.89. The standard InChI is InChI=1S/C24H19NO3S/c26-21(23-14-19-8-4-5-9-22(19)29-23)15-20(16-6-2-1-3-7-16)17-10-12-18(13-11-17)24(27)25-28/h1-14,20,28H,15H2,(H,25,27)/t20-/m0/s1. The van der Waals surface area contributed by atoms with Gasteiger partial charge in [0.1, 0.15) is 0 Å². The number of hydrogen-bond donors (Lipinski definition) is 2. The van der Waals surface area contributed by atoms with Crippen LogP contribution >= 0.6 is 11.3 Å². The smallest absolute Gasteiger partial charge is 0.274 e. The predicted molar refractivity (Wildman–Crippen MR) is 115 cm³/mol. The Morgan fingerprint density at radius 1 is 0.862 bits per heavy atom. The second kappa shape index (κ2) is 8.39. The summed E-state index contributed by atoms with van der Waals surface area (Å²) in [6, 6.07) is 26.8. The van der Waals surface area contributed by atoms with Crippen LogP contribution < -0.4 is 5.48 Å². The van der Waals surface area contributed by atoms with Gasteiger partial charge in [0.05, 0.1) is 4.88 Å². The van der Waals surface area contributed by atoms with Gasteiger partial charge in [0.15, 0.2) is 5.78 Å². The predicted octanol–water partition coefficient (Wildman–Crippen LogP) is 5.43. The molecule has 0 bridgehead atoms. The number of rotatable bonds is 6. The van der Waals surface area contributed by atoms with Gasteiger partial charge in [-0.05, 0) is 40.8 Å². The maximum Gasteiger partial charge on any atom is 0.274 e. The summed E-state index contributed by atoms with van der Waals surface area (Å²) in [5.74, 6) is -0.591. The van der Waals surface area contributed by atoms with Crippen molar-refractivity contribution in [3.63, 3.8) is 0 Å². The number of ketones is 1. The molecule has 4 aromatic rings. The fourth-order valence-electron chi connectivity index (χ4n) is 3.45. The van der Waals surface area contributed by atoms with Gasteiger partial charge in [-0.3, -0.25) is 14.8 Å². The summed E-state index contributed by atoms with van der Waals surface area (Å²) in [4.78, 5) is 25.5.